The summed E-state index contributed by atoms with van der Waals surface area (Å²) in [5, 5.41) is 6.05. The van der Waals surface area contributed by atoms with Crippen LogP contribution in [-0.2, 0) is 6.54 Å². The molecular weight excluding hydrogens is 393 g/mol. The van der Waals surface area contributed by atoms with Crippen molar-refractivity contribution in [3.05, 3.63) is 64.3 Å². The number of benzene rings is 2. The van der Waals surface area contributed by atoms with Crippen molar-refractivity contribution in [3.8, 4) is 22.4 Å². The molecule has 0 bridgehead atoms. The van der Waals surface area contributed by atoms with E-state index in [1.807, 2.05) is 78.9 Å². The van der Waals surface area contributed by atoms with Crippen molar-refractivity contribution in [2.24, 2.45) is 0 Å². The van der Waals surface area contributed by atoms with E-state index in [0.29, 0.717) is 34.5 Å². The zero-order valence-corrected chi connectivity index (χ0v) is 17.6. The molecule has 4 nitrogen and oxygen atoms in total. The summed E-state index contributed by atoms with van der Waals surface area (Å²) in [6, 6.07) is 15.1. The quantitative estimate of drug-likeness (QED) is 0.533. The molecular formula is C22H21Cl2N3O. The lowest BCUT2D eigenvalue weighted by Crippen LogP contribution is -2.50. The van der Waals surface area contributed by atoms with Gasteiger partial charge >= 0.3 is 0 Å². The minimum absolute atomic E-state index is 0.0190. The van der Waals surface area contributed by atoms with Crippen LogP contribution in [0.25, 0.3) is 22.4 Å². The van der Waals surface area contributed by atoms with Crippen LogP contribution in [0.4, 0.5) is 0 Å². The summed E-state index contributed by atoms with van der Waals surface area (Å²) < 4.78 is 1.81. The Morgan fingerprint density at radius 2 is 1.64 bits per heavy atom. The Bertz CT molecular complexity index is 1050. The summed E-state index contributed by atoms with van der Waals surface area (Å²) >= 11 is 12.6. The lowest BCUT2D eigenvalue weighted by Gasteiger charge is -2.38. The first kappa shape index (κ1) is 19.0. The number of rotatable bonds is 2. The maximum atomic E-state index is 13.5. The zero-order valence-electron chi connectivity index (χ0n) is 16.0. The molecule has 0 spiro atoms. The minimum atomic E-state index is -0.269. The van der Waals surface area contributed by atoms with E-state index >= 15 is 0 Å². The number of nitrogens with zero attached hydrogens (tertiary/aromatic N) is 3. The molecule has 1 aliphatic rings. The molecule has 1 aromatic heterocycles. The smallest absolute Gasteiger partial charge is 0.273 e. The highest BCUT2D eigenvalue weighted by Crippen LogP contribution is 2.40. The van der Waals surface area contributed by atoms with Crippen molar-refractivity contribution in [1.29, 1.82) is 0 Å². The predicted octanol–water partition coefficient (Wildman–Crippen LogP) is 5.78. The Morgan fingerprint density at radius 3 is 2.29 bits per heavy atom. The Balaban J connectivity index is 1.99. The maximum absolute atomic E-state index is 13.5. The van der Waals surface area contributed by atoms with Gasteiger partial charge in [0.1, 0.15) is 11.4 Å². The van der Waals surface area contributed by atoms with Crippen LogP contribution in [0.2, 0.25) is 10.0 Å². The van der Waals surface area contributed by atoms with Crippen LogP contribution >= 0.6 is 23.2 Å². The van der Waals surface area contributed by atoms with E-state index in [0.717, 1.165) is 16.7 Å². The van der Waals surface area contributed by atoms with Gasteiger partial charge in [-0.15, -0.1) is 0 Å². The maximum Gasteiger partial charge on any atom is 0.273 e. The van der Waals surface area contributed by atoms with Gasteiger partial charge in [0.05, 0.1) is 11.6 Å². The number of fused-ring (bicyclic) bond motifs is 1. The molecule has 6 heteroatoms. The summed E-state index contributed by atoms with van der Waals surface area (Å²) in [4.78, 5) is 15.4. The molecule has 1 amide bonds. The molecule has 0 aliphatic carbocycles. The van der Waals surface area contributed by atoms with Gasteiger partial charge in [0, 0.05) is 28.2 Å². The number of hydrogen-bond acceptors (Lipinski definition) is 2. The average Bonchev–Trinajstić information content (AvgIpc) is 3.02. The molecule has 3 aromatic rings. The van der Waals surface area contributed by atoms with Gasteiger partial charge in [-0.3, -0.25) is 9.48 Å². The molecule has 0 saturated carbocycles. The fourth-order valence-corrected chi connectivity index (χ4v) is 3.99. The summed E-state index contributed by atoms with van der Waals surface area (Å²) in [5.74, 6) is -0.0190. The highest BCUT2D eigenvalue weighted by atomic mass is 35.5. The fourth-order valence-electron chi connectivity index (χ4n) is 3.64. The van der Waals surface area contributed by atoms with Crippen LogP contribution in [0.3, 0.4) is 0 Å². The molecule has 1 aliphatic heterocycles. The molecule has 0 fully saturated rings. The second-order valence-corrected chi connectivity index (χ2v) is 8.75. The zero-order chi connectivity index (χ0) is 20.1. The van der Waals surface area contributed by atoms with E-state index in [2.05, 4.69) is 0 Å². The second kappa shape index (κ2) is 6.94. The summed E-state index contributed by atoms with van der Waals surface area (Å²) in [7, 11) is 0. The van der Waals surface area contributed by atoms with Crippen molar-refractivity contribution in [2.75, 3.05) is 6.54 Å². The van der Waals surface area contributed by atoms with Crippen molar-refractivity contribution in [1.82, 2.24) is 14.7 Å². The van der Waals surface area contributed by atoms with Gasteiger partial charge in [-0.2, -0.15) is 5.10 Å². The van der Waals surface area contributed by atoms with Gasteiger partial charge in [-0.1, -0.05) is 53.5 Å². The van der Waals surface area contributed by atoms with Crippen molar-refractivity contribution in [3.63, 3.8) is 0 Å². The topological polar surface area (TPSA) is 38.1 Å². The third-order valence-electron chi connectivity index (χ3n) is 5.01. The van der Waals surface area contributed by atoms with Crippen molar-refractivity contribution in [2.45, 2.75) is 32.9 Å². The molecule has 0 saturated heterocycles. The summed E-state index contributed by atoms with van der Waals surface area (Å²) in [5.41, 5.74) is 3.54. The van der Waals surface area contributed by atoms with Gasteiger partial charge < -0.3 is 4.90 Å². The Morgan fingerprint density at radius 1 is 0.964 bits per heavy atom. The summed E-state index contributed by atoms with van der Waals surface area (Å²) in [6.45, 7) is 7.41. The third-order valence-corrected chi connectivity index (χ3v) is 5.59. The van der Waals surface area contributed by atoms with E-state index in [4.69, 9.17) is 28.3 Å². The van der Waals surface area contributed by atoms with Gasteiger partial charge in [0.25, 0.3) is 5.91 Å². The standard InChI is InChI=1S/C22H21Cl2N3O/c1-22(2,3)26-12-13-27-20(21(26)28)18(14-8-10-15(23)11-9-14)19(25-27)16-6-4-5-7-17(16)24/h4-11H,12-13H2,1-3H3. The van der Waals surface area contributed by atoms with Gasteiger partial charge in [0.15, 0.2) is 0 Å². The lowest BCUT2D eigenvalue weighted by molar-refractivity contribution is 0.0506. The average molecular weight is 414 g/mol. The molecule has 0 N–H and O–H groups in total. The highest BCUT2D eigenvalue weighted by Gasteiger charge is 2.37. The molecule has 2 heterocycles. The van der Waals surface area contributed by atoms with Gasteiger partial charge in [-0.05, 0) is 44.5 Å². The predicted molar refractivity (Wildman–Crippen MR) is 114 cm³/mol. The minimum Gasteiger partial charge on any atom is -0.331 e. The van der Waals surface area contributed by atoms with E-state index in [9.17, 15) is 4.79 Å². The first-order chi connectivity index (χ1) is 13.3. The molecule has 0 atom stereocenters. The number of halogens is 2. The third kappa shape index (κ3) is 3.21. The Labute approximate surface area is 174 Å². The van der Waals surface area contributed by atoms with Crippen molar-refractivity contribution >= 4 is 29.1 Å². The number of hydrogen-bond donors (Lipinski definition) is 0. The van der Waals surface area contributed by atoms with Gasteiger partial charge in [0.2, 0.25) is 0 Å². The van der Waals surface area contributed by atoms with E-state index < -0.39 is 0 Å². The SMILES string of the molecule is CC(C)(C)N1CCn2nc(-c3ccccc3Cl)c(-c3ccc(Cl)cc3)c2C1=O. The van der Waals surface area contributed by atoms with Crippen LogP contribution in [0, 0.1) is 0 Å². The van der Waals surface area contributed by atoms with E-state index in [-0.39, 0.29) is 11.4 Å². The number of carbonyl (C=O) groups is 1. The van der Waals surface area contributed by atoms with Crippen LogP contribution in [0.15, 0.2) is 48.5 Å². The number of aromatic nitrogens is 2. The molecule has 2 aromatic carbocycles. The Hall–Kier alpha value is -2.30. The molecule has 4 rings (SSSR count). The van der Waals surface area contributed by atoms with Gasteiger partial charge in [-0.25, -0.2) is 0 Å². The molecule has 0 radical (unpaired) electrons. The van der Waals surface area contributed by atoms with Crippen LogP contribution in [0.5, 0.6) is 0 Å². The normalized spacial score (nSPS) is 14.3. The molecule has 28 heavy (non-hydrogen) atoms. The number of amides is 1. The first-order valence-electron chi connectivity index (χ1n) is 9.21. The fraction of sp³-hybridized carbons (Fsp3) is 0.273. The largest absolute Gasteiger partial charge is 0.331 e. The van der Waals surface area contributed by atoms with Crippen LogP contribution < -0.4 is 0 Å². The van der Waals surface area contributed by atoms with Crippen LogP contribution in [-0.4, -0.2) is 32.7 Å². The van der Waals surface area contributed by atoms with Crippen LogP contribution in [0.1, 0.15) is 31.3 Å². The lowest BCUT2D eigenvalue weighted by atomic mass is 9.96. The monoisotopic (exact) mass is 413 g/mol. The first-order valence-corrected chi connectivity index (χ1v) is 9.96. The van der Waals surface area contributed by atoms with E-state index in [1.165, 1.54) is 0 Å². The van der Waals surface area contributed by atoms with E-state index in [1.54, 1.807) is 0 Å². The molecule has 144 valence electrons. The second-order valence-electron chi connectivity index (χ2n) is 7.91. The number of carbonyl (C=O) groups excluding carboxylic acids is 1. The van der Waals surface area contributed by atoms with Crippen molar-refractivity contribution < 1.29 is 4.79 Å². The highest BCUT2D eigenvalue weighted by molar-refractivity contribution is 6.33. The molecule has 0 unspecified atom stereocenters. The summed E-state index contributed by atoms with van der Waals surface area (Å²) in [6.07, 6.45) is 0. The Kier molecular flexibility index (Phi) is 4.72.